The summed E-state index contributed by atoms with van der Waals surface area (Å²) in [5.74, 6) is -3.01. The van der Waals surface area contributed by atoms with Crippen LogP contribution in [0.15, 0.2) is 155 Å². The zero-order valence-corrected chi connectivity index (χ0v) is 35.3. The van der Waals surface area contributed by atoms with E-state index < -0.39 is 29.3 Å². The van der Waals surface area contributed by atoms with Crippen LogP contribution in [-0.2, 0) is 19.2 Å². The molecule has 0 heterocycles. The summed E-state index contributed by atoms with van der Waals surface area (Å²) in [5, 5.41) is 18.4. The summed E-state index contributed by atoms with van der Waals surface area (Å²) in [7, 11) is 0. The molecule has 6 aromatic rings. The number of hydrazone groups is 2. The maximum Gasteiger partial charge on any atom is 0.259 e. The van der Waals surface area contributed by atoms with Gasteiger partial charge in [-0.2, -0.15) is 10.2 Å². The maximum absolute atomic E-state index is 13.6. The number of benzene rings is 6. The lowest BCUT2D eigenvalue weighted by molar-refractivity contribution is -0.118. The van der Waals surface area contributed by atoms with Crippen LogP contribution in [0.2, 0.25) is 20.1 Å². The van der Waals surface area contributed by atoms with Gasteiger partial charge in [-0.25, -0.2) is 0 Å². The van der Waals surface area contributed by atoms with Gasteiger partial charge in [0, 0.05) is 43.8 Å². The Morgan fingerprint density at radius 2 is 0.825 bits per heavy atom. The summed E-state index contributed by atoms with van der Waals surface area (Å²) in [6.45, 7) is 0. The van der Waals surface area contributed by atoms with Gasteiger partial charge in [0.05, 0.1) is 32.6 Å². The number of Topliss-reactive ketones (excluding diaryl/α,β-unsaturated/α-hetero) is 2. The van der Waals surface area contributed by atoms with Crippen molar-refractivity contribution in [3.63, 3.8) is 0 Å². The molecule has 12 nitrogen and oxygen atoms in total. The van der Waals surface area contributed by atoms with Crippen LogP contribution >= 0.6 is 46.4 Å². The third-order valence-electron chi connectivity index (χ3n) is 9.68. The summed E-state index contributed by atoms with van der Waals surface area (Å²) in [6.07, 6.45) is 2.99. The van der Waals surface area contributed by atoms with Crippen LogP contribution in [0.3, 0.4) is 0 Å². The molecule has 3 amide bonds. The molecule has 16 heteroatoms. The molecule has 0 aromatic heterocycles. The van der Waals surface area contributed by atoms with E-state index in [1.54, 1.807) is 109 Å². The molecular formula is C47H29Cl4N7O5. The molecule has 5 N–H and O–H groups in total. The van der Waals surface area contributed by atoms with E-state index in [1.165, 1.54) is 36.4 Å². The lowest BCUT2D eigenvalue weighted by atomic mass is 9.89. The molecule has 63 heavy (non-hydrogen) atoms. The smallest absolute Gasteiger partial charge is 0.259 e. The monoisotopic (exact) mass is 911 g/mol. The number of halogens is 4. The lowest BCUT2D eigenvalue weighted by Crippen LogP contribution is -2.30. The van der Waals surface area contributed by atoms with Gasteiger partial charge < -0.3 is 16.0 Å². The van der Waals surface area contributed by atoms with Crippen LogP contribution in [-0.4, -0.2) is 40.7 Å². The highest BCUT2D eigenvalue weighted by molar-refractivity contribution is 6.60. The molecule has 0 aliphatic heterocycles. The van der Waals surface area contributed by atoms with Crippen molar-refractivity contribution in [2.24, 2.45) is 10.2 Å². The highest BCUT2D eigenvalue weighted by atomic mass is 35.5. The second-order valence-electron chi connectivity index (χ2n) is 13.9. The SMILES string of the molecule is O=C(Nc1ccc(NC(=O)c2ccc(NC(=O)C3=Cc4ccccc4C(=NNc4cc(Cl)ccc4Cl)C3=O)cc2)cc1)C1=Cc2ccccc2C(=NNc2cc(Cl)ccc2Cl)C1=O. The van der Waals surface area contributed by atoms with E-state index in [2.05, 4.69) is 37.0 Å². The van der Waals surface area contributed by atoms with Crippen molar-refractivity contribution < 1.29 is 24.0 Å². The highest BCUT2D eigenvalue weighted by Gasteiger charge is 2.32. The second kappa shape index (κ2) is 18.3. The predicted molar refractivity (Wildman–Crippen MR) is 250 cm³/mol. The summed E-state index contributed by atoms with van der Waals surface area (Å²) in [6, 6.07) is 36.0. The molecule has 6 aromatic carbocycles. The molecule has 2 aliphatic carbocycles. The zero-order chi connectivity index (χ0) is 44.2. The first-order valence-electron chi connectivity index (χ1n) is 18.8. The molecule has 0 saturated carbocycles. The van der Waals surface area contributed by atoms with E-state index in [-0.39, 0.29) is 28.1 Å². The number of amides is 3. The van der Waals surface area contributed by atoms with Crippen LogP contribution < -0.4 is 26.8 Å². The number of carbonyl (C=O) groups is 5. The van der Waals surface area contributed by atoms with E-state index in [0.717, 1.165) is 0 Å². The Morgan fingerprint density at radius 1 is 0.444 bits per heavy atom. The van der Waals surface area contributed by atoms with Crippen molar-refractivity contribution in [3.05, 3.63) is 193 Å². The van der Waals surface area contributed by atoms with Crippen LogP contribution in [0.5, 0.6) is 0 Å². The quantitative estimate of drug-likeness (QED) is 0.0673. The molecule has 0 atom stereocenters. The van der Waals surface area contributed by atoms with Gasteiger partial charge in [-0.05, 0) is 108 Å². The van der Waals surface area contributed by atoms with Crippen LogP contribution in [0.4, 0.5) is 28.4 Å². The fourth-order valence-corrected chi connectivity index (χ4v) is 7.18. The number of rotatable bonds is 10. The Bertz CT molecular complexity index is 3020. The van der Waals surface area contributed by atoms with Crippen molar-refractivity contribution in [2.75, 3.05) is 26.8 Å². The topological polar surface area (TPSA) is 170 Å². The van der Waals surface area contributed by atoms with Crippen molar-refractivity contribution in [2.45, 2.75) is 0 Å². The fraction of sp³-hybridized carbons (Fsp3) is 0. The third-order valence-corrected chi connectivity index (χ3v) is 10.8. The van der Waals surface area contributed by atoms with Crippen molar-refractivity contribution >= 4 is 128 Å². The Hall–Kier alpha value is -7.35. The van der Waals surface area contributed by atoms with Crippen molar-refractivity contribution in [3.8, 4) is 0 Å². The van der Waals surface area contributed by atoms with Gasteiger partial charge in [-0.3, -0.25) is 34.8 Å². The number of hydrogen-bond acceptors (Lipinski definition) is 9. The number of anilines is 5. The van der Waals surface area contributed by atoms with Gasteiger partial charge in [0.1, 0.15) is 11.4 Å². The molecular weight excluding hydrogens is 884 g/mol. The second-order valence-corrected chi connectivity index (χ2v) is 15.5. The number of nitrogens with zero attached hydrogens (tertiary/aromatic N) is 2. The molecule has 0 unspecified atom stereocenters. The first kappa shape index (κ1) is 42.3. The summed E-state index contributed by atoms with van der Waals surface area (Å²) < 4.78 is 0. The lowest BCUT2D eigenvalue weighted by Gasteiger charge is -2.18. The molecule has 0 radical (unpaired) electrons. The Kier molecular flexibility index (Phi) is 12.3. The first-order valence-corrected chi connectivity index (χ1v) is 20.4. The molecule has 310 valence electrons. The van der Waals surface area contributed by atoms with E-state index >= 15 is 0 Å². The minimum Gasteiger partial charge on any atom is -0.322 e. The van der Waals surface area contributed by atoms with Gasteiger partial charge in [-0.1, -0.05) is 94.9 Å². The molecule has 2 aliphatic rings. The normalized spacial score (nSPS) is 14.2. The van der Waals surface area contributed by atoms with Crippen molar-refractivity contribution in [1.29, 1.82) is 0 Å². The summed E-state index contributed by atoms with van der Waals surface area (Å²) in [5.41, 5.74) is 9.76. The Labute approximate surface area is 379 Å². The van der Waals surface area contributed by atoms with Gasteiger partial charge >= 0.3 is 0 Å². The van der Waals surface area contributed by atoms with Gasteiger partial charge in [-0.15, -0.1) is 0 Å². The van der Waals surface area contributed by atoms with E-state index in [9.17, 15) is 24.0 Å². The van der Waals surface area contributed by atoms with Gasteiger partial charge in [0.15, 0.2) is 0 Å². The number of fused-ring (bicyclic) bond motifs is 2. The minimum absolute atomic E-state index is 0.00848. The fourth-order valence-electron chi connectivity index (χ4n) is 6.52. The summed E-state index contributed by atoms with van der Waals surface area (Å²) in [4.78, 5) is 67.4. The molecule has 0 spiro atoms. The standard InChI is InChI=1S/C47H29Cl4N7O5/c48-28-11-19-37(50)39(23-28)55-57-41-33-7-3-1-5-26(33)21-35(43(41)59)46(62)53-30-13-9-25(10-14-30)45(61)52-31-15-17-32(18-16-31)54-47(63)36-22-27-6-2-4-8-34(27)42(44(36)60)58-56-40-24-29(49)12-20-38(40)51/h1-24,55-56H,(H,52,61)(H,53,62)(H,54,63). The van der Waals surface area contributed by atoms with Crippen molar-refractivity contribution in [1.82, 2.24) is 0 Å². The molecule has 0 fully saturated rings. The maximum atomic E-state index is 13.6. The predicted octanol–water partition coefficient (Wildman–Crippen LogP) is 10.4. The Balaban J connectivity index is 0.897. The largest absolute Gasteiger partial charge is 0.322 e. The summed E-state index contributed by atoms with van der Waals surface area (Å²) >= 11 is 24.8. The van der Waals surface area contributed by atoms with E-state index in [0.29, 0.717) is 70.8 Å². The minimum atomic E-state index is -0.675. The van der Waals surface area contributed by atoms with Gasteiger partial charge in [0.25, 0.3) is 17.7 Å². The average Bonchev–Trinajstić information content (AvgIpc) is 3.28. The van der Waals surface area contributed by atoms with Gasteiger partial charge in [0.2, 0.25) is 11.6 Å². The van der Waals surface area contributed by atoms with E-state index in [1.807, 2.05) is 0 Å². The number of ketones is 2. The molecule has 0 saturated heterocycles. The third kappa shape index (κ3) is 9.44. The van der Waals surface area contributed by atoms with E-state index in [4.69, 9.17) is 46.4 Å². The zero-order valence-electron chi connectivity index (χ0n) is 32.3. The Morgan fingerprint density at radius 3 is 1.25 bits per heavy atom. The average molecular weight is 914 g/mol. The molecule has 8 rings (SSSR count). The molecule has 0 bridgehead atoms. The van der Waals surface area contributed by atoms with Crippen LogP contribution in [0.25, 0.3) is 12.2 Å². The number of nitrogens with one attached hydrogen (secondary N) is 5. The number of carbonyl (C=O) groups excluding carboxylic acids is 5. The first-order chi connectivity index (χ1) is 30.4. The number of hydrogen-bond donors (Lipinski definition) is 5. The van der Waals surface area contributed by atoms with Crippen LogP contribution in [0.1, 0.15) is 32.6 Å². The van der Waals surface area contributed by atoms with Crippen LogP contribution in [0, 0.1) is 0 Å². The highest BCUT2D eigenvalue weighted by Crippen LogP contribution is 2.30.